The summed E-state index contributed by atoms with van der Waals surface area (Å²) in [6.45, 7) is 4.83. The molecule has 5 heteroatoms. The molecule has 0 atom stereocenters. The number of fused-ring (bicyclic) bond motifs is 2. The predicted octanol–water partition coefficient (Wildman–Crippen LogP) is 3.83. The molecule has 3 heterocycles. The van der Waals surface area contributed by atoms with Gasteiger partial charge in [-0.05, 0) is 38.3 Å². The highest BCUT2D eigenvalue weighted by Crippen LogP contribution is 2.27. The zero-order valence-electron chi connectivity index (χ0n) is 13.3. The molecule has 1 aliphatic rings. The summed E-state index contributed by atoms with van der Waals surface area (Å²) in [5.74, 6) is 1.95. The van der Waals surface area contributed by atoms with Crippen molar-refractivity contribution in [3.63, 3.8) is 0 Å². The SMILES string of the molecule is Cc1ccc2c(C)c(C(=O)Nc3cnc4n3CCCC4)oc2c1. The Labute approximate surface area is 134 Å². The van der Waals surface area contributed by atoms with Crippen LogP contribution in [0, 0.1) is 13.8 Å². The summed E-state index contributed by atoms with van der Waals surface area (Å²) < 4.78 is 7.88. The van der Waals surface area contributed by atoms with E-state index in [9.17, 15) is 4.79 Å². The van der Waals surface area contributed by atoms with E-state index in [2.05, 4.69) is 14.9 Å². The number of carbonyl (C=O) groups is 1. The minimum absolute atomic E-state index is 0.218. The summed E-state index contributed by atoms with van der Waals surface area (Å²) in [7, 11) is 0. The van der Waals surface area contributed by atoms with Gasteiger partial charge >= 0.3 is 0 Å². The molecule has 1 aliphatic heterocycles. The molecular formula is C18H19N3O2. The molecule has 0 fully saturated rings. The Kier molecular flexibility index (Phi) is 3.22. The number of rotatable bonds is 2. The van der Waals surface area contributed by atoms with E-state index in [0.29, 0.717) is 5.76 Å². The number of amides is 1. The van der Waals surface area contributed by atoms with Crippen LogP contribution in [0.2, 0.25) is 0 Å². The van der Waals surface area contributed by atoms with Crippen LogP contribution in [-0.4, -0.2) is 15.5 Å². The Hall–Kier alpha value is -2.56. The molecule has 0 saturated carbocycles. The molecule has 1 N–H and O–H groups in total. The number of imidazole rings is 1. The first-order chi connectivity index (χ1) is 11.1. The monoisotopic (exact) mass is 309 g/mol. The minimum Gasteiger partial charge on any atom is -0.451 e. The summed E-state index contributed by atoms with van der Waals surface area (Å²) in [5.41, 5.74) is 2.74. The maximum Gasteiger partial charge on any atom is 0.292 e. The largest absolute Gasteiger partial charge is 0.451 e. The van der Waals surface area contributed by atoms with Crippen LogP contribution >= 0.6 is 0 Å². The Balaban J connectivity index is 1.67. The summed E-state index contributed by atoms with van der Waals surface area (Å²) in [6.07, 6.45) is 4.99. The first kappa shape index (κ1) is 14.1. The maximum atomic E-state index is 12.6. The molecule has 4 rings (SSSR count). The Morgan fingerprint density at radius 1 is 1.30 bits per heavy atom. The van der Waals surface area contributed by atoms with Crippen LogP contribution in [0.15, 0.2) is 28.8 Å². The van der Waals surface area contributed by atoms with Crippen molar-refractivity contribution in [2.24, 2.45) is 0 Å². The Morgan fingerprint density at radius 3 is 3.04 bits per heavy atom. The van der Waals surface area contributed by atoms with E-state index in [1.165, 1.54) is 0 Å². The standard InChI is InChI=1S/C18H19N3O2/c1-11-6-7-13-12(2)17(23-14(13)9-11)18(22)20-16-10-19-15-5-3-4-8-21(15)16/h6-7,9-10H,3-5,8H2,1-2H3,(H,20,22). The van der Waals surface area contributed by atoms with E-state index in [4.69, 9.17) is 4.42 Å². The number of hydrogen-bond acceptors (Lipinski definition) is 3. The average molecular weight is 309 g/mol. The summed E-state index contributed by atoms with van der Waals surface area (Å²) in [5, 5.41) is 3.93. The van der Waals surface area contributed by atoms with Gasteiger partial charge in [0.2, 0.25) is 0 Å². The third-order valence-electron chi connectivity index (χ3n) is 4.51. The number of aromatic nitrogens is 2. The highest BCUT2D eigenvalue weighted by Gasteiger charge is 2.21. The number of furan rings is 1. The summed E-state index contributed by atoms with van der Waals surface area (Å²) in [6, 6.07) is 5.99. The first-order valence-electron chi connectivity index (χ1n) is 7.99. The number of hydrogen-bond donors (Lipinski definition) is 1. The van der Waals surface area contributed by atoms with Crippen molar-refractivity contribution in [1.29, 1.82) is 0 Å². The van der Waals surface area contributed by atoms with Gasteiger partial charge in [-0.15, -0.1) is 0 Å². The fourth-order valence-corrected chi connectivity index (χ4v) is 3.24. The minimum atomic E-state index is -0.218. The van der Waals surface area contributed by atoms with Gasteiger partial charge in [0, 0.05) is 23.9 Å². The van der Waals surface area contributed by atoms with Gasteiger partial charge < -0.3 is 14.3 Å². The molecule has 0 unspecified atom stereocenters. The van der Waals surface area contributed by atoms with Crippen LogP contribution in [0.1, 0.15) is 40.3 Å². The number of aryl methyl sites for hydroxylation is 3. The normalized spacial score (nSPS) is 14.0. The second kappa shape index (κ2) is 5.26. The van der Waals surface area contributed by atoms with Crippen LogP contribution < -0.4 is 5.32 Å². The Bertz CT molecular complexity index is 905. The van der Waals surface area contributed by atoms with Crippen LogP contribution in [0.4, 0.5) is 5.82 Å². The van der Waals surface area contributed by atoms with E-state index in [0.717, 1.165) is 59.5 Å². The smallest absolute Gasteiger partial charge is 0.292 e. The third-order valence-corrected chi connectivity index (χ3v) is 4.51. The molecule has 2 aromatic heterocycles. The van der Waals surface area contributed by atoms with Gasteiger partial charge in [-0.1, -0.05) is 12.1 Å². The summed E-state index contributed by atoms with van der Waals surface area (Å²) in [4.78, 5) is 17.0. The van der Waals surface area contributed by atoms with Crippen molar-refractivity contribution in [2.75, 3.05) is 5.32 Å². The first-order valence-corrected chi connectivity index (χ1v) is 7.99. The second-order valence-electron chi connectivity index (χ2n) is 6.18. The van der Waals surface area contributed by atoms with Crippen LogP contribution in [0.25, 0.3) is 11.0 Å². The summed E-state index contributed by atoms with van der Waals surface area (Å²) >= 11 is 0. The lowest BCUT2D eigenvalue weighted by Gasteiger charge is -2.16. The molecule has 0 saturated heterocycles. The number of carbonyl (C=O) groups excluding carboxylic acids is 1. The molecular weight excluding hydrogens is 290 g/mol. The lowest BCUT2D eigenvalue weighted by atomic mass is 10.1. The number of anilines is 1. The molecule has 5 nitrogen and oxygen atoms in total. The van der Waals surface area contributed by atoms with Crippen LogP contribution in [0.3, 0.4) is 0 Å². The second-order valence-corrected chi connectivity index (χ2v) is 6.18. The molecule has 3 aromatic rings. The molecule has 0 radical (unpaired) electrons. The van der Waals surface area contributed by atoms with E-state index < -0.39 is 0 Å². The van der Waals surface area contributed by atoms with Gasteiger partial charge in [-0.25, -0.2) is 4.98 Å². The molecule has 0 aliphatic carbocycles. The number of nitrogens with zero attached hydrogens (tertiary/aromatic N) is 2. The fraction of sp³-hybridized carbons (Fsp3) is 0.333. The highest BCUT2D eigenvalue weighted by molar-refractivity contribution is 6.06. The van der Waals surface area contributed by atoms with Crippen molar-refractivity contribution in [3.05, 3.63) is 47.1 Å². The van der Waals surface area contributed by atoms with Crippen LogP contribution in [-0.2, 0) is 13.0 Å². The number of benzene rings is 1. The molecule has 1 amide bonds. The number of nitrogens with one attached hydrogen (secondary N) is 1. The molecule has 23 heavy (non-hydrogen) atoms. The maximum absolute atomic E-state index is 12.6. The Morgan fingerprint density at radius 2 is 2.17 bits per heavy atom. The zero-order valence-corrected chi connectivity index (χ0v) is 13.3. The third kappa shape index (κ3) is 2.32. The van der Waals surface area contributed by atoms with E-state index >= 15 is 0 Å². The fourth-order valence-electron chi connectivity index (χ4n) is 3.24. The van der Waals surface area contributed by atoms with Crippen LogP contribution in [0.5, 0.6) is 0 Å². The lowest BCUT2D eigenvalue weighted by molar-refractivity contribution is 0.0997. The van der Waals surface area contributed by atoms with Gasteiger partial charge in [0.15, 0.2) is 5.76 Å². The van der Waals surface area contributed by atoms with Crippen molar-refractivity contribution >= 4 is 22.7 Å². The van der Waals surface area contributed by atoms with Crippen molar-refractivity contribution in [3.8, 4) is 0 Å². The van der Waals surface area contributed by atoms with Gasteiger partial charge in [0.25, 0.3) is 5.91 Å². The van der Waals surface area contributed by atoms with E-state index in [1.807, 2.05) is 32.0 Å². The van der Waals surface area contributed by atoms with Crippen molar-refractivity contribution < 1.29 is 9.21 Å². The van der Waals surface area contributed by atoms with Crippen molar-refractivity contribution in [1.82, 2.24) is 9.55 Å². The molecule has 118 valence electrons. The van der Waals surface area contributed by atoms with Crippen molar-refractivity contribution in [2.45, 2.75) is 39.7 Å². The van der Waals surface area contributed by atoms with Gasteiger partial charge in [-0.3, -0.25) is 4.79 Å². The van der Waals surface area contributed by atoms with E-state index in [1.54, 1.807) is 6.20 Å². The molecule has 0 bridgehead atoms. The van der Waals surface area contributed by atoms with Gasteiger partial charge in [0.05, 0.1) is 6.20 Å². The average Bonchev–Trinajstić information content (AvgIpc) is 3.09. The van der Waals surface area contributed by atoms with E-state index in [-0.39, 0.29) is 5.91 Å². The quantitative estimate of drug-likeness (QED) is 0.782. The predicted molar refractivity (Wildman–Crippen MR) is 88.8 cm³/mol. The topological polar surface area (TPSA) is 60.1 Å². The lowest BCUT2D eigenvalue weighted by Crippen LogP contribution is -2.18. The van der Waals surface area contributed by atoms with Gasteiger partial charge in [-0.2, -0.15) is 0 Å². The van der Waals surface area contributed by atoms with Gasteiger partial charge in [0.1, 0.15) is 17.2 Å². The molecule has 1 aromatic carbocycles. The molecule has 0 spiro atoms. The highest BCUT2D eigenvalue weighted by atomic mass is 16.3. The zero-order chi connectivity index (χ0) is 16.0.